The van der Waals surface area contributed by atoms with E-state index in [0.717, 1.165) is 12.6 Å². The second kappa shape index (κ2) is 2.73. The topological polar surface area (TPSA) is 29.3 Å². The first kappa shape index (κ1) is 10.4. The average Bonchev–Trinajstić information content (AvgIpc) is 2.55. The van der Waals surface area contributed by atoms with Gasteiger partial charge in [0.15, 0.2) is 0 Å². The second-order valence-corrected chi connectivity index (χ2v) is 6.39. The van der Waals surface area contributed by atoms with Crippen molar-refractivity contribution in [2.75, 3.05) is 6.54 Å². The lowest BCUT2D eigenvalue weighted by Crippen LogP contribution is -2.48. The summed E-state index contributed by atoms with van der Waals surface area (Å²) in [5, 5.41) is 0. The molecule has 14 heavy (non-hydrogen) atoms. The van der Waals surface area contributed by atoms with Crippen LogP contribution < -0.4 is 5.73 Å². The Balaban J connectivity index is 2.24. The van der Waals surface area contributed by atoms with Crippen molar-refractivity contribution in [3.05, 3.63) is 0 Å². The van der Waals surface area contributed by atoms with E-state index in [1.54, 1.807) is 0 Å². The fourth-order valence-electron chi connectivity index (χ4n) is 3.75. The van der Waals surface area contributed by atoms with E-state index in [0.29, 0.717) is 22.9 Å². The van der Waals surface area contributed by atoms with Crippen LogP contribution >= 0.6 is 0 Å². The van der Waals surface area contributed by atoms with Crippen LogP contribution in [0, 0.1) is 11.3 Å². The number of rotatable bonds is 1. The van der Waals surface area contributed by atoms with E-state index in [-0.39, 0.29) is 0 Å². The smallest absolute Gasteiger partial charge is 0.0167 e. The maximum absolute atomic E-state index is 5.91. The molecule has 2 aliphatic rings. The van der Waals surface area contributed by atoms with Gasteiger partial charge in [-0.1, -0.05) is 6.92 Å². The number of nitrogens with two attached hydrogens (primary N) is 1. The number of hydrogen-bond acceptors (Lipinski definition) is 2. The largest absolute Gasteiger partial charge is 0.330 e. The summed E-state index contributed by atoms with van der Waals surface area (Å²) in [6, 6.07) is 1.45. The minimum Gasteiger partial charge on any atom is -0.330 e. The average molecular weight is 196 g/mol. The molecule has 0 radical (unpaired) electrons. The predicted molar refractivity (Wildman–Crippen MR) is 60.1 cm³/mol. The lowest BCUT2D eigenvalue weighted by atomic mass is 9.87. The van der Waals surface area contributed by atoms with Gasteiger partial charge in [0.1, 0.15) is 0 Å². The molecular weight excluding hydrogens is 172 g/mol. The lowest BCUT2D eigenvalue weighted by molar-refractivity contribution is 0.0883. The van der Waals surface area contributed by atoms with Crippen LogP contribution in [-0.4, -0.2) is 29.1 Å². The first-order valence-corrected chi connectivity index (χ1v) is 5.81. The van der Waals surface area contributed by atoms with Gasteiger partial charge in [0, 0.05) is 17.6 Å². The Morgan fingerprint density at radius 2 is 2.00 bits per heavy atom. The zero-order chi connectivity index (χ0) is 10.7. The van der Waals surface area contributed by atoms with Gasteiger partial charge in [0.2, 0.25) is 0 Å². The van der Waals surface area contributed by atoms with E-state index in [9.17, 15) is 0 Å². The summed E-state index contributed by atoms with van der Waals surface area (Å²) < 4.78 is 0. The van der Waals surface area contributed by atoms with Crippen molar-refractivity contribution in [1.29, 1.82) is 0 Å². The lowest BCUT2D eigenvalue weighted by Gasteiger charge is -2.39. The predicted octanol–water partition coefficient (Wildman–Crippen LogP) is 1.84. The number of piperidine rings is 1. The maximum atomic E-state index is 5.91. The minimum absolute atomic E-state index is 0.297. The normalized spacial score (nSPS) is 48.0. The van der Waals surface area contributed by atoms with Crippen molar-refractivity contribution in [2.24, 2.45) is 17.1 Å². The number of hydrogen-bond donors (Lipinski definition) is 1. The van der Waals surface area contributed by atoms with Gasteiger partial charge in [-0.2, -0.15) is 0 Å². The van der Waals surface area contributed by atoms with Gasteiger partial charge >= 0.3 is 0 Å². The van der Waals surface area contributed by atoms with Crippen LogP contribution in [0.1, 0.15) is 41.0 Å². The first-order valence-electron chi connectivity index (χ1n) is 5.81. The molecular formula is C12H24N2. The molecule has 0 amide bonds. The van der Waals surface area contributed by atoms with Gasteiger partial charge in [0.05, 0.1) is 0 Å². The molecule has 2 N–H and O–H groups in total. The molecule has 2 fully saturated rings. The van der Waals surface area contributed by atoms with Crippen molar-refractivity contribution in [2.45, 2.75) is 58.7 Å². The van der Waals surface area contributed by atoms with Gasteiger partial charge in [-0.05, 0) is 52.0 Å². The molecule has 2 heteroatoms. The SMILES string of the molecule is C[C@@H]1C(CN)C2(C)CC2N1C(C)(C)C. The number of nitrogens with zero attached hydrogens (tertiary/aromatic N) is 1. The van der Waals surface area contributed by atoms with Crippen molar-refractivity contribution in [3.63, 3.8) is 0 Å². The first-order chi connectivity index (χ1) is 6.32. The van der Waals surface area contributed by atoms with E-state index >= 15 is 0 Å². The molecule has 2 nitrogen and oxygen atoms in total. The van der Waals surface area contributed by atoms with Gasteiger partial charge in [-0.3, -0.25) is 4.90 Å². The monoisotopic (exact) mass is 196 g/mol. The van der Waals surface area contributed by atoms with E-state index < -0.39 is 0 Å². The zero-order valence-electron chi connectivity index (χ0n) is 10.2. The van der Waals surface area contributed by atoms with Crippen molar-refractivity contribution >= 4 is 0 Å². The number of fused-ring (bicyclic) bond motifs is 1. The number of likely N-dealkylation sites (tertiary alicyclic amines) is 1. The van der Waals surface area contributed by atoms with Gasteiger partial charge in [-0.25, -0.2) is 0 Å². The van der Waals surface area contributed by atoms with Crippen LogP contribution in [0.4, 0.5) is 0 Å². The minimum atomic E-state index is 0.297. The molecule has 0 spiro atoms. The molecule has 2 rings (SSSR count). The third kappa shape index (κ3) is 1.17. The third-order valence-electron chi connectivity index (χ3n) is 4.47. The summed E-state index contributed by atoms with van der Waals surface area (Å²) in [4.78, 5) is 2.69. The molecule has 0 aromatic heterocycles. The van der Waals surface area contributed by atoms with Crippen molar-refractivity contribution < 1.29 is 0 Å². The fraction of sp³-hybridized carbons (Fsp3) is 1.00. The Morgan fingerprint density at radius 3 is 2.29 bits per heavy atom. The molecule has 1 saturated heterocycles. The molecule has 1 heterocycles. The highest BCUT2D eigenvalue weighted by Gasteiger charge is 2.67. The quantitative estimate of drug-likeness (QED) is 0.693. The van der Waals surface area contributed by atoms with Crippen LogP contribution in [0.25, 0.3) is 0 Å². The van der Waals surface area contributed by atoms with E-state index in [1.165, 1.54) is 6.42 Å². The van der Waals surface area contributed by atoms with Crippen LogP contribution in [0.15, 0.2) is 0 Å². The maximum Gasteiger partial charge on any atom is 0.0167 e. The van der Waals surface area contributed by atoms with E-state index in [1.807, 2.05) is 0 Å². The van der Waals surface area contributed by atoms with Crippen LogP contribution in [-0.2, 0) is 0 Å². The van der Waals surface area contributed by atoms with Crippen LogP contribution in [0.3, 0.4) is 0 Å². The Hall–Kier alpha value is -0.0800. The van der Waals surface area contributed by atoms with Crippen LogP contribution in [0.2, 0.25) is 0 Å². The van der Waals surface area contributed by atoms with E-state index in [4.69, 9.17) is 5.73 Å². The Labute approximate surface area is 87.8 Å². The highest BCUT2D eigenvalue weighted by atomic mass is 15.3. The summed E-state index contributed by atoms with van der Waals surface area (Å²) in [5.41, 5.74) is 6.73. The van der Waals surface area contributed by atoms with Gasteiger partial charge < -0.3 is 5.73 Å². The Morgan fingerprint density at radius 1 is 1.43 bits per heavy atom. The Kier molecular flexibility index (Phi) is 2.04. The van der Waals surface area contributed by atoms with Crippen molar-refractivity contribution in [1.82, 2.24) is 4.90 Å². The highest BCUT2D eigenvalue weighted by Crippen LogP contribution is 2.63. The van der Waals surface area contributed by atoms with Crippen molar-refractivity contribution in [3.8, 4) is 0 Å². The molecule has 3 unspecified atom stereocenters. The molecule has 1 saturated carbocycles. The molecule has 0 aromatic carbocycles. The summed E-state index contributed by atoms with van der Waals surface area (Å²) in [7, 11) is 0. The molecule has 0 aromatic rings. The molecule has 82 valence electrons. The Bertz CT molecular complexity index is 243. The fourth-order valence-corrected chi connectivity index (χ4v) is 3.75. The summed E-state index contributed by atoms with van der Waals surface area (Å²) >= 11 is 0. The summed E-state index contributed by atoms with van der Waals surface area (Å²) in [6.07, 6.45) is 1.36. The molecule has 1 aliphatic carbocycles. The molecule has 4 atom stereocenters. The van der Waals surface area contributed by atoms with Gasteiger partial charge in [-0.15, -0.1) is 0 Å². The second-order valence-electron chi connectivity index (χ2n) is 6.39. The van der Waals surface area contributed by atoms with Crippen LogP contribution in [0.5, 0.6) is 0 Å². The van der Waals surface area contributed by atoms with Gasteiger partial charge in [0.25, 0.3) is 0 Å². The highest BCUT2D eigenvalue weighted by molar-refractivity contribution is 5.20. The summed E-state index contributed by atoms with van der Waals surface area (Å²) in [5.74, 6) is 0.701. The molecule has 1 aliphatic heterocycles. The molecule has 0 bridgehead atoms. The van der Waals surface area contributed by atoms with E-state index in [2.05, 4.69) is 39.5 Å². The zero-order valence-corrected chi connectivity index (χ0v) is 10.2. The third-order valence-corrected chi connectivity index (χ3v) is 4.47. The summed E-state index contributed by atoms with van der Waals surface area (Å²) in [6.45, 7) is 12.6. The standard InChI is InChI=1S/C12H24N2/c1-8-9(7-13)12(5)6-10(12)14(8)11(2,3)4/h8-10H,6-7,13H2,1-5H3/t8-,9?,10?,12?/m1/s1.